The first-order valence-electron chi connectivity index (χ1n) is 4.80. The number of hydrogen-bond acceptors (Lipinski definition) is 2. The molecule has 0 saturated heterocycles. The number of aryl methyl sites for hydroxylation is 1. The molecule has 0 bridgehead atoms. The van der Waals surface area contributed by atoms with Gasteiger partial charge in [-0.05, 0) is 42.8 Å². The Morgan fingerprint density at radius 2 is 1.94 bits per heavy atom. The quantitative estimate of drug-likeness (QED) is 0.749. The van der Waals surface area contributed by atoms with Crippen molar-refractivity contribution in [3.63, 3.8) is 0 Å². The van der Waals surface area contributed by atoms with Crippen molar-refractivity contribution >= 4 is 11.8 Å². The van der Waals surface area contributed by atoms with E-state index in [1.807, 2.05) is 26.0 Å². The lowest BCUT2D eigenvalue weighted by atomic mass is 10.1. The van der Waals surface area contributed by atoms with E-state index in [2.05, 4.69) is 0 Å². The van der Waals surface area contributed by atoms with Crippen LogP contribution in [0.25, 0.3) is 0 Å². The van der Waals surface area contributed by atoms with Gasteiger partial charge in [0, 0.05) is 5.75 Å². The molecule has 0 aliphatic carbocycles. The summed E-state index contributed by atoms with van der Waals surface area (Å²) >= 11 is -0.0621. The Hall–Kier alpha value is -0.840. The van der Waals surface area contributed by atoms with E-state index in [9.17, 15) is 13.2 Å². The van der Waals surface area contributed by atoms with Crippen LogP contribution in [0.3, 0.4) is 0 Å². The van der Waals surface area contributed by atoms with E-state index in [4.69, 9.17) is 4.74 Å². The van der Waals surface area contributed by atoms with E-state index in [1.54, 1.807) is 6.07 Å². The number of thioether (sulfide) groups is 1. The van der Waals surface area contributed by atoms with Crippen molar-refractivity contribution in [1.82, 2.24) is 0 Å². The molecule has 5 heteroatoms. The number of alkyl halides is 3. The van der Waals surface area contributed by atoms with Gasteiger partial charge in [-0.3, -0.25) is 0 Å². The summed E-state index contributed by atoms with van der Waals surface area (Å²) in [6, 6.07) is 5.53. The van der Waals surface area contributed by atoms with Crippen LogP contribution < -0.4 is 4.74 Å². The fourth-order valence-electron chi connectivity index (χ4n) is 1.19. The van der Waals surface area contributed by atoms with Crippen molar-refractivity contribution in [2.75, 3.05) is 12.4 Å². The van der Waals surface area contributed by atoms with E-state index < -0.39 is 5.51 Å². The van der Waals surface area contributed by atoms with Gasteiger partial charge in [-0.25, -0.2) is 0 Å². The number of benzene rings is 1. The number of ether oxygens (including phenoxy) is 1. The zero-order valence-corrected chi connectivity index (χ0v) is 9.91. The molecule has 1 nitrogen and oxygen atoms in total. The molecule has 0 aromatic heterocycles. The molecule has 0 aliphatic heterocycles. The normalized spacial score (nSPS) is 11.6. The lowest BCUT2D eigenvalue weighted by Crippen LogP contribution is -2.08. The van der Waals surface area contributed by atoms with Crippen LogP contribution in [-0.2, 0) is 0 Å². The molecule has 0 N–H and O–H groups in total. The smallest absolute Gasteiger partial charge is 0.441 e. The van der Waals surface area contributed by atoms with Gasteiger partial charge in [-0.15, -0.1) is 0 Å². The summed E-state index contributed by atoms with van der Waals surface area (Å²) in [4.78, 5) is 0. The van der Waals surface area contributed by atoms with Crippen molar-refractivity contribution in [3.05, 3.63) is 29.3 Å². The lowest BCUT2D eigenvalue weighted by Gasteiger charge is -2.11. The second-order valence-corrected chi connectivity index (χ2v) is 4.50. The third kappa shape index (κ3) is 4.35. The maximum absolute atomic E-state index is 11.8. The second kappa shape index (κ2) is 5.48. The van der Waals surface area contributed by atoms with Gasteiger partial charge in [-0.2, -0.15) is 13.2 Å². The zero-order valence-electron chi connectivity index (χ0n) is 9.10. The fraction of sp³-hybridized carbons (Fsp3) is 0.455. The van der Waals surface area contributed by atoms with Gasteiger partial charge in [0.2, 0.25) is 0 Å². The molecule has 0 radical (unpaired) electrons. The number of hydrogen-bond donors (Lipinski definition) is 0. The molecule has 90 valence electrons. The van der Waals surface area contributed by atoms with Crippen LogP contribution in [0.1, 0.15) is 11.1 Å². The van der Waals surface area contributed by atoms with Crippen LogP contribution in [0.15, 0.2) is 18.2 Å². The molecule has 0 spiro atoms. The van der Waals surface area contributed by atoms with Crippen LogP contribution in [-0.4, -0.2) is 17.9 Å². The van der Waals surface area contributed by atoms with Gasteiger partial charge in [0.1, 0.15) is 5.75 Å². The Morgan fingerprint density at radius 3 is 2.56 bits per heavy atom. The van der Waals surface area contributed by atoms with Crippen LogP contribution in [0.4, 0.5) is 13.2 Å². The van der Waals surface area contributed by atoms with E-state index >= 15 is 0 Å². The number of rotatable bonds is 4. The summed E-state index contributed by atoms with van der Waals surface area (Å²) in [7, 11) is 0. The highest BCUT2D eigenvalue weighted by molar-refractivity contribution is 8.00. The van der Waals surface area contributed by atoms with E-state index in [1.165, 1.54) is 0 Å². The Morgan fingerprint density at radius 1 is 1.25 bits per heavy atom. The van der Waals surface area contributed by atoms with Gasteiger partial charge < -0.3 is 4.74 Å². The van der Waals surface area contributed by atoms with Gasteiger partial charge in [0.15, 0.2) is 0 Å². The number of halogens is 3. The van der Waals surface area contributed by atoms with Gasteiger partial charge in [0.25, 0.3) is 0 Å². The molecule has 16 heavy (non-hydrogen) atoms. The standard InChI is InChI=1S/C11H13F3OS/c1-8-4-3-5-10(9(8)2)15-6-7-16-11(12,13)14/h3-5H,6-7H2,1-2H3. The monoisotopic (exact) mass is 250 g/mol. The first-order valence-corrected chi connectivity index (χ1v) is 5.78. The molecule has 0 amide bonds. The summed E-state index contributed by atoms with van der Waals surface area (Å²) in [5.41, 5.74) is -2.13. The highest BCUT2D eigenvalue weighted by Crippen LogP contribution is 2.30. The third-order valence-electron chi connectivity index (χ3n) is 2.16. The SMILES string of the molecule is Cc1cccc(OCCSC(F)(F)F)c1C. The first-order chi connectivity index (χ1) is 7.40. The maximum atomic E-state index is 11.8. The predicted octanol–water partition coefficient (Wildman–Crippen LogP) is 3.94. The molecule has 0 atom stereocenters. The van der Waals surface area contributed by atoms with Crippen LogP contribution in [0.5, 0.6) is 5.75 Å². The molecule has 0 unspecified atom stereocenters. The zero-order chi connectivity index (χ0) is 12.2. The molecule has 0 heterocycles. The summed E-state index contributed by atoms with van der Waals surface area (Å²) in [5.74, 6) is 0.569. The average molecular weight is 250 g/mol. The Kier molecular flexibility index (Phi) is 4.53. The Balaban J connectivity index is 2.41. The van der Waals surface area contributed by atoms with Gasteiger partial charge in [-0.1, -0.05) is 12.1 Å². The molecule has 0 fully saturated rings. The van der Waals surface area contributed by atoms with Crippen LogP contribution >= 0.6 is 11.8 Å². The molecule has 1 aromatic carbocycles. The van der Waals surface area contributed by atoms with E-state index in [0.29, 0.717) is 5.75 Å². The largest absolute Gasteiger partial charge is 0.492 e. The van der Waals surface area contributed by atoms with Crippen LogP contribution in [0.2, 0.25) is 0 Å². The van der Waals surface area contributed by atoms with Gasteiger partial charge >= 0.3 is 5.51 Å². The first kappa shape index (κ1) is 13.2. The second-order valence-electron chi connectivity index (χ2n) is 3.34. The van der Waals surface area contributed by atoms with Crippen molar-refractivity contribution in [3.8, 4) is 5.75 Å². The average Bonchev–Trinajstić information content (AvgIpc) is 2.17. The minimum atomic E-state index is -4.18. The summed E-state index contributed by atoms with van der Waals surface area (Å²) in [5, 5.41) is 0. The van der Waals surface area contributed by atoms with Gasteiger partial charge in [0.05, 0.1) is 6.61 Å². The minimum Gasteiger partial charge on any atom is -0.492 e. The Bertz CT molecular complexity index is 350. The highest BCUT2D eigenvalue weighted by atomic mass is 32.2. The van der Waals surface area contributed by atoms with Crippen molar-refractivity contribution < 1.29 is 17.9 Å². The molecular weight excluding hydrogens is 237 g/mol. The van der Waals surface area contributed by atoms with Crippen LogP contribution in [0, 0.1) is 13.8 Å². The van der Waals surface area contributed by atoms with Crippen molar-refractivity contribution in [2.45, 2.75) is 19.4 Å². The topological polar surface area (TPSA) is 9.23 Å². The summed E-state index contributed by atoms with van der Waals surface area (Å²) in [6.07, 6.45) is 0. The lowest BCUT2D eigenvalue weighted by molar-refractivity contribution is -0.0329. The summed E-state index contributed by atoms with van der Waals surface area (Å²) in [6.45, 7) is 3.89. The molecule has 1 rings (SSSR count). The molecule has 0 aliphatic rings. The minimum absolute atomic E-state index is 0.0621. The predicted molar refractivity (Wildman–Crippen MR) is 59.9 cm³/mol. The molecular formula is C11H13F3OS. The fourth-order valence-corrected chi connectivity index (χ4v) is 1.59. The molecule has 1 aromatic rings. The van der Waals surface area contributed by atoms with Crippen molar-refractivity contribution in [1.29, 1.82) is 0 Å². The van der Waals surface area contributed by atoms with E-state index in [-0.39, 0.29) is 24.1 Å². The maximum Gasteiger partial charge on any atom is 0.441 e. The van der Waals surface area contributed by atoms with E-state index in [0.717, 1.165) is 11.1 Å². The highest BCUT2D eigenvalue weighted by Gasteiger charge is 2.27. The third-order valence-corrected chi connectivity index (χ3v) is 2.86. The van der Waals surface area contributed by atoms with Crippen molar-refractivity contribution in [2.24, 2.45) is 0 Å². The summed E-state index contributed by atoms with van der Waals surface area (Å²) < 4.78 is 40.8. The molecule has 0 saturated carbocycles. The Labute approximate surface area is 97.0 Å².